The monoisotopic (exact) mass is 945 g/mol. The number of aromatic nitrogens is 2. The fraction of sp³-hybridized carbons (Fsp3) is 0.0141. The van der Waals surface area contributed by atoms with Gasteiger partial charge in [0.05, 0.1) is 33.4 Å². The Morgan fingerprint density at radius 2 is 0.622 bits per heavy atom. The molecule has 2 heterocycles. The molecule has 0 amide bonds. The summed E-state index contributed by atoms with van der Waals surface area (Å²) in [6.07, 6.45) is 1.75. The summed E-state index contributed by atoms with van der Waals surface area (Å²) >= 11 is 0. The normalized spacial score (nSPS) is 11.4. The van der Waals surface area contributed by atoms with Gasteiger partial charge in [0.25, 0.3) is 0 Å². The van der Waals surface area contributed by atoms with Crippen molar-refractivity contribution >= 4 is 82.2 Å². The second kappa shape index (κ2) is 18.8. The van der Waals surface area contributed by atoms with Crippen LogP contribution in [0.15, 0.2) is 286 Å². The van der Waals surface area contributed by atoms with Crippen molar-refractivity contribution < 1.29 is 0 Å². The molecular formula is C71H51N3. The third kappa shape index (κ3) is 7.71. The van der Waals surface area contributed by atoms with Crippen molar-refractivity contribution in [1.82, 2.24) is 9.13 Å². The number of rotatable bonds is 8. The molecule has 0 aliphatic rings. The minimum Gasteiger partial charge on any atom is -0.309 e. The molecule has 0 radical (unpaired) electrons. The van der Waals surface area contributed by atoms with Gasteiger partial charge in [0.2, 0.25) is 0 Å². The van der Waals surface area contributed by atoms with Crippen LogP contribution in [0.4, 0.5) is 17.1 Å². The van der Waals surface area contributed by atoms with Gasteiger partial charge in [-0.25, -0.2) is 0 Å². The zero-order valence-electron chi connectivity index (χ0n) is 41.1. The highest BCUT2D eigenvalue weighted by Crippen LogP contribution is 2.44. The SMILES string of the molecule is C=CC.c1ccc(-n2c3ccccc3c3cc(-c4ccc5c(c4)c4cc(-c6ccc(-c7ccc(N(c8cccc9ccccc89)c8cccc9ccccc89)cc7)cc6)ccc4n5-c4ccccc4)ccc32)cc1. The minimum absolute atomic E-state index is 1.11. The number of benzene rings is 12. The van der Waals surface area contributed by atoms with Crippen LogP contribution in [-0.4, -0.2) is 9.13 Å². The molecule has 350 valence electrons. The maximum atomic E-state index is 3.36. The highest BCUT2D eigenvalue weighted by atomic mass is 15.1. The number of nitrogens with zero attached hydrogens (tertiary/aromatic N) is 3. The van der Waals surface area contributed by atoms with Crippen LogP contribution in [0.2, 0.25) is 0 Å². The number of allylic oxidation sites excluding steroid dienone is 1. The van der Waals surface area contributed by atoms with Crippen LogP contribution in [0, 0.1) is 0 Å². The lowest BCUT2D eigenvalue weighted by atomic mass is 9.97. The van der Waals surface area contributed by atoms with Crippen LogP contribution in [0.1, 0.15) is 6.92 Å². The Bertz CT molecular complexity index is 4280. The van der Waals surface area contributed by atoms with E-state index in [-0.39, 0.29) is 0 Å². The molecule has 14 aromatic rings. The van der Waals surface area contributed by atoms with Crippen molar-refractivity contribution in [3.63, 3.8) is 0 Å². The number of fused-ring (bicyclic) bond motifs is 8. The van der Waals surface area contributed by atoms with Crippen LogP contribution in [0.25, 0.3) is 110 Å². The molecule has 74 heavy (non-hydrogen) atoms. The van der Waals surface area contributed by atoms with Gasteiger partial charge < -0.3 is 14.0 Å². The molecule has 3 nitrogen and oxygen atoms in total. The van der Waals surface area contributed by atoms with Gasteiger partial charge in [0, 0.05) is 49.4 Å². The summed E-state index contributed by atoms with van der Waals surface area (Å²) in [6.45, 7) is 5.25. The van der Waals surface area contributed by atoms with Crippen molar-refractivity contribution in [1.29, 1.82) is 0 Å². The Balaban J connectivity index is 0.00000172. The highest BCUT2D eigenvalue weighted by Gasteiger charge is 2.20. The topological polar surface area (TPSA) is 13.1 Å². The van der Waals surface area contributed by atoms with Gasteiger partial charge >= 0.3 is 0 Å². The van der Waals surface area contributed by atoms with Crippen molar-refractivity contribution in [2.45, 2.75) is 6.92 Å². The predicted molar refractivity (Wildman–Crippen MR) is 317 cm³/mol. The van der Waals surface area contributed by atoms with Crippen LogP contribution in [-0.2, 0) is 0 Å². The standard InChI is InChI=1S/C68H45N3.C3H6/c1-3-19-54(20-4-1)69-65-26-12-11-25-59(65)60-44-52(36-41-66(60)69)53-37-42-68-62(45-53)61-43-51(35-40-67(61)70(68)55-21-5-2-6-22-55)48-31-29-46(30-32-48)47-33-38-56(39-34-47)71(63-27-13-17-49-15-7-9-23-57(49)63)64-28-14-18-50-16-8-10-24-58(50)64;1-3-2/h1-45H;3H,1H2,2H3. The molecule has 0 atom stereocenters. The average molecular weight is 946 g/mol. The number of anilines is 3. The molecule has 0 spiro atoms. The van der Waals surface area contributed by atoms with Gasteiger partial charge in [0.1, 0.15) is 0 Å². The van der Waals surface area contributed by atoms with Crippen LogP contribution >= 0.6 is 0 Å². The molecule has 0 fully saturated rings. The van der Waals surface area contributed by atoms with Crippen molar-refractivity contribution in [3.8, 4) is 44.8 Å². The summed E-state index contributed by atoms with van der Waals surface area (Å²) in [5, 5.41) is 9.83. The molecule has 0 N–H and O–H groups in total. The summed E-state index contributed by atoms with van der Waals surface area (Å²) in [7, 11) is 0. The zero-order chi connectivity index (χ0) is 49.5. The maximum Gasteiger partial charge on any atom is 0.0541 e. The van der Waals surface area contributed by atoms with Gasteiger partial charge in [-0.05, 0) is 142 Å². The molecular weight excluding hydrogens is 895 g/mol. The maximum absolute atomic E-state index is 3.36. The van der Waals surface area contributed by atoms with E-state index in [0.717, 1.165) is 22.7 Å². The first-order valence-electron chi connectivity index (χ1n) is 25.4. The van der Waals surface area contributed by atoms with Gasteiger partial charge in [-0.15, -0.1) is 6.58 Å². The second-order valence-electron chi connectivity index (χ2n) is 18.9. The average Bonchev–Trinajstić information content (AvgIpc) is 3.99. The van der Waals surface area contributed by atoms with E-state index in [9.17, 15) is 0 Å². The van der Waals surface area contributed by atoms with E-state index >= 15 is 0 Å². The van der Waals surface area contributed by atoms with E-state index in [1.807, 2.05) is 6.92 Å². The lowest BCUT2D eigenvalue weighted by Crippen LogP contribution is -2.11. The van der Waals surface area contributed by atoms with E-state index in [4.69, 9.17) is 0 Å². The number of hydrogen-bond acceptors (Lipinski definition) is 1. The van der Waals surface area contributed by atoms with Crippen molar-refractivity contribution in [2.24, 2.45) is 0 Å². The van der Waals surface area contributed by atoms with Crippen LogP contribution < -0.4 is 4.90 Å². The summed E-state index contributed by atoms with van der Waals surface area (Å²) in [5.74, 6) is 0. The van der Waals surface area contributed by atoms with E-state index in [1.165, 1.54) is 104 Å². The first-order valence-corrected chi connectivity index (χ1v) is 25.4. The lowest BCUT2D eigenvalue weighted by Gasteiger charge is -2.28. The summed E-state index contributed by atoms with van der Waals surface area (Å²) in [5.41, 5.74) is 17.6. The first kappa shape index (κ1) is 44.3. The molecule has 14 rings (SSSR count). The number of para-hydroxylation sites is 3. The molecule has 0 saturated heterocycles. The molecule has 0 aliphatic heterocycles. The Morgan fingerprint density at radius 1 is 0.297 bits per heavy atom. The van der Waals surface area contributed by atoms with Gasteiger partial charge in [-0.1, -0.05) is 188 Å². The van der Waals surface area contributed by atoms with Gasteiger partial charge in [0.15, 0.2) is 0 Å². The third-order valence-electron chi connectivity index (χ3n) is 14.5. The minimum atomic E-state index is 1.11. The van der Waals surface area contributed by atoms with Gasteiger partial charge in [-0.2, -0.15) is 0 Å². The smallest absolute Gasteiger partial charge is 0.0541 e. The highest BCUT2D eigenvalue weighted by molar-refractivity contribution is 6.13. The van der Waals surface area contributed by atoms with Crippen LogP contribution in [0.3, 0.4) is 0 Å². The Labute approximate surface area is 431 Å². The first-order chi connectivity index (χ1) is 36.6. The second-order valence-corrected chi connectivity index (χ2v) is 18.9. The Kier molecular flexibility index (Phi) is 11.2. The molecule has 0 bridgehead atoms. The fourth-order valence-electron chi connectivity index (χ4n) is 11.1. The molecule has 3 heteroatoms. The molecule has 2 aromatic heterocycles. The number of hydrogen-bond donors (Lipinski definition) is 0. The van der Waals surface area contributed by atoms with E-state index in [2.05, 4.69) is 294 Å². The Morgan fingerprint density at radius 3 is 1.09 bits per heavy atom. The molecule has 0 saturated carbocycles. The quantitative estimate of drug-likeness (QED) is 0.138. The third-order valence-corrected chi connectivity index (χ3v) is 14.5. The van der Waals surface area contributed by atoms with E-state index in [0.29, 0.717) is 0 Å². The van der Waals surface area contributed by atoms with Crippen molar-refractivity contribution in [3.05, 3.63) is 286 Å². The Hall–Kier alpha value is -9.70. The van der Waals surface area contributed by atoms with E-state index < -0.39 is 0 Å². The summed E-state index contributed by atoms with van der Waals surface area (Å²) in [4.78, 5) is 2.41. The predicted octanol–water partition coefficient (Wildman–Crippen LogP) is 19.9. The largest absolute Gasteiger partial charge is 0.309 e. The summed E-state index contributed by atoms with van der Waals surface area (Å²) in [6, 6.07) is 99.7. The van der Waals surface area contributed by atoms with Crippen molar-refractivity contribution in [2.75, 3.05) is 4.90 Å². The molecule has 0 aliphatic carbocycles. The molecule has 12 aromatic carbocycles. The van der Waals surface area contributed by atoms with Crippen LogP contribution in [0.5, 0.6) is 0 Å². The molecule has 0 unspecified atom stereocenters. The van der Waals surface area contributed by atoms with Gasteiger partial charge in [-0.3, -0.25) is 0 Å². The fourth-order valence-corrected chi connectivity index (χ4v) is 11.1. The lowest BCUT2D eigenvalue weighted by molar-refractivity contribution is 1.18. The zero-order valence-corrected chi connectivity index (χ0v) is 41.1. The summed E-state index contributed by atoms with van der Waals surface area (Å²) < 4.78 is 4.79. The van der Waals surface area contributed by atoms with E-state index in [1.54, 1.807) is 6.08 Å².